The SMILES string of the molecule is CC.O=[N+]([O-])c1ccc(S(F)(F)(F)(F)C#Cc2ccccc2)cc1. The fourth-order valence-electron chi connectivity index (χ4n) is 1.58. The van der Waals surface area contributed by atoms with Crippen molar-refractivity contribution in [2.45, 2.75) is 18.7 Å². The van der Waals surface area contributed by atoms with Crippen LogP contribution in [0.5, 0.6) is 0 Å². The molecular weight excluding hydrogens is 346 g/mol. The van der Waals surface area contributed by atoms with Crippen molar-refractivity contribution in [3.8, 4) is 11.2 Å². The molecule has 0 bridgehead atoms. The van der Waals surface area contributed by atoms with Gasteiger partial charge in [-0.2, -0.15) is 0 Å². The van der Waals surface area contributed by atoms with Crippen LogP contribution in [0.2, 0.25) is 0 Å². The van der Waals surface area contributed by atoms with Gasteiger partial charge in [-0.05, 0) is 30.2 Å². The third-order valence-corrected chi connectivity index (χ3v) is 4.43. The Labute approximate surface area is 136 Å². The predicted molar refractivity (Wildman–Crippen MR) is 88.1 cm³/mol. The van der Waals surface area contributed by atoms with E-state index in [1.807, 2.05) is 13.8 Å². The first-order valence-electron chi connectivity index (χ1n) is 6.85. The molecule has 0 spiro atoms. The minimum Gasteiger partial charge on any atom is -0.258 e. The Morgan fingerprint density at radius 1 is 0.917 bits per heavy atom. The predicted octanol–water partition coefficient (Wildman–Crippen LogP) is 6.40. The summed E-state index contributed by atoms with van der Waals surface area (Å²) < 4.78 is 56.0. The molecule has 2 aromatic rings. The average Bonchev–Trinajstić information content (AvgIpc) is 2.55. The summed E-state index contributed by atoms with van der Waals surface area (Å²) in [4.78, 5) is 7.96. The first-order chi connectivity index (χ1) is 11.0. The number of benzene rings is 2. The number of halogens is 4. The largest absolute Gasteiger partial charge is 0.269 e. The number of rotatable bonds is 2. The number of nitrogens with zero attached hydrogens (tertiary/aromatic N) is 1. The summed E-state index contributed by atoms with van der Waals surface area (Å²) in [6.45, 7) is 4.00. The van der Waals surface area contributed by atoms with E-state index in [9.17, 15) is 25.7 Å². The van der Waals surface area contributed by atoms with E-state index in [4.69, 9.17) is 0 Å². The highest BCUT2D eigenvalue weighted by molar-refractivity contribution is 8.53. The molecular formula is C16H15F4NO2S. The quantitative estimate of drug-likeness (QED) is 0.269. The number of nitro groups is 1. The third kappa shape index (κ3) is 4.73. The van der Waals surface area contributed by atoms with E-state index >= 15 is 0 Å². The third-order valence-electron chi connectivity index (χ3n) is 2.70. The molecule has 0 aliphatic rings. The van der Waals surface area contributed by atoms with Crippen molar-refractivity contribution in [3.63, 3.8) is 0 Å². The van der Waals surface area contributed by atoms with Gasteiger partial charge in [-0.25, -0.2) is 0 Å². The fraction of sp³-hybridized carbons (Fsp3) is 0.125. The first kappa shape index (κ1) is 19.5. The molecule has 0 saturated carbocycles. The van der Waals surface area contributed by atoms with Crippen LogP contribution in [0.15, 0.2) is 59.5 Å². The smallest absolute Gasteiger partial charge is 0.258 e. The zero-order chi connectivity index (χ0) is 18.5. The Morgan fingerprint density at radius 2 is 1.42 bits per heavy atom. The number of hydrogen-bond donors (Lipinski definition) is 0. The second kappa shape index (κ2) is 6.17. The second-order valence-corrected chi connectivity index (χ2v) is 7.23. The Balaban J connectivity index is 0.00000139. The van der Waals surface area contributed by atoms with E-state index in [1.165, 1.54) is 24.3 Å². The summed E-state index contributed by atoms with van der Waals surface area (Å²) in [6, 6.07) is 9.03. The van der Waals surface area contributed by atoms with Crippen LogP contribution in [-0.4, -0.2) is 4.92 Å². The lowest BCUT2D eigenvalue weighted by Crippen LogP contribution is -2.11. The fourth-order valence-corrected chi connectivity index (χ4v) is 2.71. The normalized spacial score (nSPS) is 13.2. The molecule has 0 amide bonds. The monoisotopic (exact) mass is 361 g/mol. The molecule has 24 heavy (non-hydrogen) atoms. The number of non-ortho nitro benzene ring substituents is 1. The first-order valence-corrected chi connectivity index (χ1v) is 8.90. The molecule has 0 aliphatic heterocycles. The topological polar surface area (TPSA) is 43.1 Å². The zero-order valence-electron chi connectivity index (χ0n) is 12.9. The van der Waals surface area contributed by atoms with Crippen LogP contribution in [-0.2, 0) is 0 Å². The highest BCUT2D eigenvalue weighted by atomic mass is 32.5. The van der Waals surface area contributed by atoms with Crippen molar-refractivity contribution in [2.24, 2.45) is 0 Å². The van der Waals surface area contributed by atoms with E-state index < -0.39 is 25.3 Å². The molecule has 0 saturated heterocycles. The van der Waals surface area contributed by atoms with E-state index in [0.717, 1.165) is 5.25 Å². The lowest BCUT2D eigenvalue weighted by molar-refractivity contribution is -0.384. The maximum absolute atomic E-state index is 14.0. The minimum absolute atomic E-state index is 0.0139. The van der Waals surface area contributed by atoms with E-state index in [1.54, 1.807) is 12.0 Å². The Morgan fingerprint density at radius 3 is 1.88 bits per heavy atom. The van der Waals surface area contributed by atoms with Crippen molar-refractivity contribution in [2.75, 3.05) is 0 Å². The van der Waals surface area contributed by atoms with Gasteiger partial charge in [0.2, 0.25) is 9.84 Å². The van der Waals surface area contributed by atoms with Crippen LogP contribution in [0, 0.1) is 21.3 Å². The van der Waals surface area contributed by atoms with Crippen molar-refractivity contribution in [1.82, 2.24) is 0 Å². The lowest BCUT2D eigenvalue weighted by Gasteiger charge is -2.44. The van der Waals surface area contributed by atoms with Gasteiger partial charge in [0.1, 0.15) is 0 Å². The molecule has 0 heterocycles. The molecule has 0 aliphatic carbocycles. The highest BCUT2D eigenvalue weighted by Crippen LogP contribution is 3.00. The Hall–Kier alpha value is -2.53. The molecule has 2 rings (SSSR count). The molecule has 8 heteroatoms. The standard InChI is InChI=1S/C14H9F4NO2S.C2H6/c15-22(16,17,18,11-10-12-4-2-1-3-5-12)14-8-6-13(7-9-14)19(20)21;1-2/h1-9H;1-2H3. The maximum Gasteiger partial charge on any atom is 0.269 e. The molecule has 0 aromatic heterocycles. The number of hydrogen-bond acceptors (Lipinski definition) is 2. The molecule has 2 aromatic carbocycles. The van der Waals surface area contributed by atoms with E-state index in [0.29, 0.717) is 24.3 Å². The van der Waals surface area contributed by atoms with Crippen LogP contribution in [0.25, 0.3) is 0 Å². The van der Waals surface area contributed by atoms with Gasteiger partial charge in [-0.15, -0.1) is 15.5 Å². The second-order valence-electron chi connectivity index (χ2n) is 4.41. The van der Waals surface area contributed by atoms with Gasteiger partial charge in [0.05, 0.1) is 9.82 Å². The van der Waals surface area contributed by atoms with Gasteiger partial charge in [-0.3, -0.25) is 10.1 Å². The van der Waals surface area contributed by atoms with Gasteiger partial charge < -0.3 is 0 Å². The summed E-state index contributed by atoms with van der Waals surface area (Å²) in [5.41, 5.74) is -0.548. The highest BCUT2D eigenvalue weighted by Gasteiger charge is 2.63. The summed E-state index contributed by atoms with van der Waals surface area (Å²) in [5, 5.41) is 11.3. The molecule has 130 valence electrons. The summed E-state index contributed by atoms with van der Waals surface area (Å²) in [5.74, 6) is 1.77. The molecule has 0 unspecified atom stereocenters. The van der Waals surface area contributed by atoms with Gasteiger partial charge >= 0.3 is 0 Å². The van der Waals surface area contributed by atoms with E-state index in [2.05, 4.69) is 0 Å². The Kier molecular flexibility index (Phi) is 5.02. The van der Waals surface area contributed by atoms with Crippen LogP contribution < -0.4 is 0 Å². The maximum atomic E-state index is 14.0. The lowest BCUT2D eigenvalue weighted by atomic mass is 10.2. The van der Waals surface area contributed by atoms with Gasteiger partial charge in [0.15, 0.2) is 0 Å². The van der Waals surface area contributed by atoms with Gasteiger partial charge in [0.25, 0.3) is 5.69 Å². The average molecular weight is 361 g/mol. The van der Waals surface area contributed by atoms with Crippen molar-refractivity contribution < 1.29 is 20.5 Å². The van der Waals surface area contributed by atoms with Gasteiger partial charge in [0, 0.05) is 22.9 Å². The summed E-state index contributed by atoms with van der Waals surface area (Å²) in [7, 11) is -8.83. The molecule has 0 radical (unpaired) electrons. The summed E-state index contributed by atoms with van der Waals surface area (Å²) >= 11 is 0. The Bertz CT molecular complexity index is 790. The van der Waals surface area contributed by atoms with Crippen molar-refractivity contribution in [3.05, 3.63) is 70.3 Å². The van der Waals surface area contributed by atoms with E-state index in [-0.39, 0.29) is 5.56 Å². The molecule has 3 nitrogen and oxygen atoms in total. The van der Waals surface area contributed by atoms with Crippen molar-refractivity contribution in [1.29, 1.82) is 0 Å². The van der Waals surface area contributed by atoms with Crippen LogP contribution in [0.3, 0.4) is 0 Å². The van der Waals surface area contributed by atoms with Gasteiger partial charge in [-0.1, -0.05) is 32.0 Å². The van der Waals surface area contributed by atoms with Crippen LogP contribution in [0.1, 0.15) is 19.4 Å². The van der Waals surface area contributed by atoms with Crippen LogP contribution in [0.4, 0.5) is 21.2 Å². The molecule has 0 atom stereocenters. The molecule has 0 fully saturated rings. The number of nitro benzene ring substituents is 1. The van der Waals surface area contributed by atoms with Crippen molar-refractivity contribution >= 4 is 15.5 Å². The molecule has 0 N–H and O–H groups in total. The summed E-state index contributed by atoms with van der Waals surface area (Å²) in [6.07, 6.45) is 0. The zero-order valence-corrected chi connectivity index (χ0v) is 13.7. The van der Waals surface area contributed by atoms with Crippen LogP contribution >= 0.6 is 9.84 Å². The minimum atomic E-state index is -8.83.